The molecule has 5 heteroatoms. The summed E-state index contributed by atoms with van der Waals surface area (Å²) in [5, 5.41) is 4.48. The molecule has 2 rings (SSSR count). The van der Waals surface area contributed by atoms with Crippen molar-refractivity contribution >= 4 is 17.2 Å². The predicted octanol–water partition coefficient (Wildman–Crippen LogP) is 1.73. The van der Waals surface area contributed by atoms with Gasteiger partial charge in [0.05, 0.1) is 5.51 Å². The highest BCUT2D eigenvalue weighted by Gasteiger charge is 2.10. The van der Waals surface area contributed by atoms with Crippen molar-refractivity contribution in [2.24, 2.45) is 0 Å². The lowest BCUT2D eigenvalue weighted by Crippen LogP contribution is -2.25. The summed E-state index contributed by atoms with van der Waals surface area (Å²) in [7, 11) is 1.90. The number of allylic oxidation sites excluding steroid dienone is 2. The molecule has 0 bridgehead atoms. The second kappa shape index (κ2) is 4.32. The van der Waals surface area contributed by atoms with Crippen LogP contribution in [-0.2, 0) is 0 Å². The van der Waals surface area contributed by atoms with Crippen molar-refractivity contribution in [1.82, 2.24) is 15.2 Å². The lowest BCUT2D eigenvalue weighted by Gasteiger charge is -2.19. The standard InChI is InChI=1S/C11H11N3OS/c1-8-5-9(3-4-14(8)2)13-11(15)10-6-16-7-12-10/h3-7H,1H2,2H3,(H,13,15). The van der Waals surface area contributed by atoms with Gasteiger partial charge in [0.25, 0.3) is 5.91 Å². The lowest BCUT2D eigenvalue weighted by atomic mass is 10.2. The smallest absolute Gasteiger partial charge is 0.275 e. The van der Waals surface area contributed by atoms with Gasteiger partial charge in [-0.25, -0.2) is 4.98 Å². The highest BCUT2D eigenvalue weighted by molar-refractivity contribution is 7.07. The average molecular weight is 233 g/mol. The third kappa shape index (κ3) is 2.20. The zero-order chi connectivity index (χ0) is 11.5. The van der Waals surface area contributed by atoms with E-state index in [1.807, 2.05) is 30.3 Å². The average Bonchev–Trinajstić information content (AvgIpc) is 2.77. The molecular weight excluding hydrogens is 222 g/mol. The monoisotopic (exact) mass is 233 g/mol. The Morgan fingerprint density at radius 3 is 3.06 bits per heavy atom. The number of carbonyl (C=O) groups excluding carboxylic acids is 1. The summed E-state index contributed by atoms with van der Waals surface area (Å²) in [6.07, 6.45) is 5.47. The minimum atomic E-state index is -0.200. The van der Waals surface area contributed by atoms with Crippen molar-refractivity contribution in [2.45, 2.75) is 0 Å². The van der Waals surface area contributed by atoms with Crippen LogP contribution in [-0.4, -0.2) is 22.8 Å². The van der Waals surface area contributed by atoms with Crippen molar-refractivity contribution in [3.8, 4) is 0 Å². The maximum atomic E-state index is 11.7. The Kier molecular flexibility index (Phi) is 2.87. The summed E-state index contributed by atoms with van der Waals surface area (Å²) < 4.78 is 0. The summed E-state index contributed by atoms with van der Waals surface area (Å²) >= 11 is 1.40. The first-order chi connectivity index (χ1) is 7.66. The summed E-state index contributed by atoms with van der Waals surface area (Å²) in [5.74, 6) is -0.200. The van der Waals surface area contributed by atoms with Gasteiger partial charge in [-0.3, -0.25) is 4.79 Å². The van der Waals surface area contributed by atoms with Crippen LogP contribution in [0.3, 0.4) is 0 Å². The Morgan fingerprint density at radius 2 is 2.44 bits per heavy atom. The number of amides is 1. The zero-order valence-corrected chi connectivity index (χ0v) is 9.62. The van der Waals surface area contributed by atoms with E-state index in [2.05, 4.69) is 16.9 Å². The topological polar surface area (TPSA) is 45.2 Å². The van der Waals surface area contributed by atoms with Crippen molar-refractivity contribution in [3.63, 3.8) is 0 Å². The molecule has 1 N–H and O–H groups in total. The van der Waals surface area contributed by atoms with Crippen LogP contribution in [0.2, 0.25) is 0 Å². The molecule has 2 heterocycles. The first-order valence-corrected chi connectivity index (χ1v) is 5.62. The second-order valence-corrected chi connectivity index (χ2v) is 4.06. The van der Waals surface area contributed by atoms with E-state index in [1.54, 1.807) is 10.9 Å². The molecule has 16 heavy (non-hydrogen) atoms. The quantitative estimate of drug-likeness (QED) is 0.846. The molecule has 1 amide bonds. The van der Waals surface area contributed by atoms with E-state index in [0.29, 0.717) is 5.69 Å². The molecule has 0 aromatic carbocycles. The Balaban J connectivity index is 2.07. The third-order valence-corrected chi connectivity index (χ3v) is 2.76. The molecular formula is C11H11N3OS. The first kappa shape index (κ1) is 10.6. The number of nitrogens with zero attached hydrogens (tertiary/aromatic N) is 2. The van der Waals surface area contributed by atoms with Gasteiger partial charge in [-0.15, -0.1) is 11.3 Å². The van der Waals surface area contributed by atoms with E-state index < -0.39 is 0 Å². The number of hydrogen-bond donors (Lipinski definition) is 1. The van der Waals surface area contributed by atoms with Crippen LogP contribution < -0.4 is 5.32 Å². The molecule has 82 valence electrons. The van der Waals surface area contributed by atoms with Gasteiger partial charge in [0.15, 0.2) is 0 Å². The predicted molar refractivity (Wildman–Crippen MR) is 63.7 cm³/mol. The van der Waals surface area contributed by atoms with Crippen molar-refractivity contribution in [1.29, 1.82) is 0 Å². The van der Waals surface area contributed by atoms with E-state index in [1.165, 1.54) is 11.3 Å². The molecule has 1 aromatic rings. The number of aromatic nitrogens is 1. The van der Waals surface area contributed by atoms with Crippen LogP contribution in [0, 0.1) is 0 Å². The summed E-state index contributed by atoms with van der Waals surface area (Å²) in [6.45, 7) is 3.85. The van der Waals surface area contributed by atoms with Gasteiger partial charge in [0, 0.05) is 30.0 Å². The van der Waals surface area contributed by atoms with E-state index in [4.69, 9.17) is 0 Å². The highest BCUT2D eigenvalue weighted by atomic mass is 32.1. The highest BCUT2D eigenvalue weighted by Crippen LogP contribution is 2.12. The molecule has 1 aliphatic heterocycles. The van der Waals surface area contributed by atoms with E-state index in [0.717, 1.165) is 11.4 Å². The lowest BCUT2D eigenvalue weighted by molar-refractivity contribution is 0.0962. The maximum Gasteiger partial charge on any atom is 0.275 e. The SMILES string of the molecule is C=C1C=C(NC(=O)c2cscn2)C=CN1C. The molecule has 0 unspecified atom stereocenters. The largest absolute Gasteiger partial charge is 0.351 e. The number of carbonyl (C=O) groups is 1. The molecule has 0 radical (unpaired) electrons. The molecule has 1 aliphatic rings. The molecule has 0 saturated heterocycles. The van der Waals surface area contributed by atoms with Gasteiger partial charge in [0.2, 0.25) is 0 Å². The van der Waals surface area contributed by atoms with E-state index in [9.17, 15) is 4.79 Å². The Morgan fingerprint density at radius 1 is 1.62 bits per heavy atom. The van der Waals surface area contributed by atoms with Gasteiger partial charge in [-0.1, -0.05) is 6.58 Å². The number of likely N-dealkylation sites (N-methyl/N-ethyl adjacent to an activating group) is 1. The Bertz CT molecular complexity index is 473. The molecule has 1 aromatic heterocycles. The fourth-order valence-electron chi connectivity index (χ4n) is 1.21. The van der Waals surface area contributed by atoms with Crippen LogP contribution >= 0.6 is 11.3 Å². The third-order valence-electron chi connectivity index (χ3n) is 2.18. The summed E-state index contributed by atoms with van der Waals surface area (Å²) in [4.78, 5) is 17.5. The van der Waals surface area contributed by atoms with Gasteiger partial charge >= 0.3 is 0 Å². The zero-order valence-electron chi connectivity index (χ0n) is 8.80. The van der Waals surface area contributed by atoms with Gasteiger partial charge in [-0.2, -0.15) is 0 Å². The second-order valence-electron chi connectivity index (χ2n) is 3.35. The first-order valence-electron chi connectivity index (χ1n) is 4.68. The van der Waals surface area contributed by atoms with E-state index in [-0.39, 0.29) is 5.91 Å². The minimum Gasteiger partial charge on any atom is -0.351 e. The minimum absolute atomic E-state index is 0.200. The van der Waals surface area contributed by atoms with Crippen LogP contribution in [0.1, 0.15) is 10.5 Å². The van der Waals surface area contributed by atoms with E-state index >= 15 is 0 Å². The molecule has 0 aliphatic carbocycles. The molecule has 0 saturated carbocycles. The fraction of sp³-hybridized carbons (Fsp3) is 0.0909. The number of nitrogens with one attached hydrogen (secondary N) is 1. The van der Waals surface area contributed by atoms with Gasteiger partial charge in [-0.05, 0) is 12.2 Å². The Labute approximate surface area is 97.6 Å². The van der Waals surface area contributed by atoms with Crippen LogP contribution in [0.25, 0.3) is 0 Å². The van der Waals surface area contributed by atoms with Crippen LogP contribution in [0.15, 0.2) is 47.2 Å². The Hall–Kier alpha value is -1.88. The molecule has 0 atom stereocenters. The number of thiazole rings is 1. The number of hydrogen-bond acceptors (Lipinski definition) is 4. The van der Waals surface area contributed by atoms with Crippen molar-refractivity contribution in [3.05, 3.63) is 52.9 Å². The van der Waals surface area contributed by atoms with Gasteiger partial charge < -0.3 is 10.2 Å². The molecule has 0 fully saturated rings. The fourth-order valence-corrected chi connectivity index (χ4v) is 1.75. The van der Waals surface area contributed by atoms with Crippen LogP contribution in [0.4, 0.5) is 0 Å². The normalized spacial score (nSPS) is 14.9. The van der Waals surface area contributed by atoms with Crippen LogP contribution in [0.5, 0.6) is 0 Å². The van der Waals surface area contributed by atoms with Crippen molar-refractivity contribution in [2.75, 3.05) is 7.05 Å². The summed E-state index contributed by atoms with van der Waals surface area (Å²) in [5.41, 5.74) is 3.62. The number of rotatable bonds is 2. The maximum absolute atomic E-state index is 11.7. The van der Waals surface area contributed by atoms with Gasteiger partial charge in [0.1, 0.15) is 5.69 Å². The molecule has 4 nitrogen and oxygen atoms in total. The molecule has 0 spiro atoms. The summed E-state index contributed by atoms with van der Waals surface area (Å²) in [6, 6.07) is 0. The van der Waals surface area contributed by atoms with Crippen molar-refractivity contribution < 1.29 is 4.79 Å².